The molecule has 0 N–H and O–H groups in total. The van der Waals surface area contributed by atoms with Crippen LogP contribution in [-0.4, -0.2) is 12.6 Å². The molecule has 1 aromatic rings. The number of rotatable bonds is 2. The summed E-state index contributed by atoms with van der Waals surface area (Å²) in [7, 11) is 0. The van der Waals surface area contributed by atoms with Crippen LogP contribution in [-0.2, 0) is 37.4 Å². The Hall–Kier alpha value is -0.336. The van der Waals surface area contributed by atoms with Crippen molar-refractivity contribution in [1.29, 1.82) is 0 Å². The van der Waals surface area contributed by atoms with Crippen LogP contribution in [0.2, 0.25) is 0 Å². The molecule has 0 saturated heterocycles. The third-order valence-electron chi connectivity index (χ3n) is 1.51. The van der Waals surface area contributed by atoms with Crippen molar-refractivity contribution in [3.8, 4) is 0 Å². The second-order valence-corrected chi connectivity index (χ2v) is 2.38. The SMILES string of the molecule is [CH2-]c1ccccc1C(=O)OCC.[CH3-].[Y]. The van der Waals surface area contributed by atoms with Crippen LogP contribution in [0.15, 0.2) is 24.3 Å². The van der Waals surface area contributed by atoms with Gasteiger partial charge in [-0.05, 0) is 12.5 Å². The number of hydrogen-bond acceptors (Lipinski definition) is 2. The molecule has 0 saturated carbocycles. The van der Waals surface area contributed by atoms with E-state index >= 15 is 0 Å². The summed E-state index contributed by atoms with van der Waals surface area (Å²) in [5, 5.41) is 0. The van der Waals surface area contributed by atoms with Gasteiger partial charge in [0.25, 0.3) is 5.97 Å². The second-order valence-electron chi connectivity index (χ2n) is 2.38. The molecule has 75 valence electrons. The topological polar surface area (TPSA) is 26.3 Å². The number of carbonyl (C=O) groups is 1. The third-order valence-corrected chi connectivity index (χ3v) is 1.51. The fourth-order valence-electron chi connectivity index (χ4n) is 0.928. The molecule has 0 bridgehead atoms. The normalized spacial score (nSPS) is 8.07. The van der Waals surface area contributed by atoms with Gasteiger partial charge < -0.3 is 12.2 Å². The van der Waals surface area contributed by atoms with Gasteiger partial charge in [0.1, 0.15) is 0 Å². The first-order chi connectivity index (χ1) is 5.75. The second kappa shape index (κ2) is 8.01. The van der Waals surface area contributed by atoms with Crippen molar-refractivity contribution in [2.24, 2.45) is 0 Å². The number of carbonyl (C=O) groups excluding carboxylic acids is 1. The van der Waals surface area contributed by atoms with Gasteiger partial charge in [-0.1, -0.05) is 6.07 Å². The molecule has 0 atom stereocenters. The van der Waals surface area contributed by atoms with Crippen molar-refractivity contribution < 1.29 is 42.2 Å². The molecule has 0 aliphatic rings. The Balaban J connectivity index is 0. The van der Waals surface area contributed by atoms with E-state index in [-0.39, 0.29) is 46.1 Å². The van der Waals surface area contributed by atoms with E-state index in [2.05, 4.69) is 6.92 Å². The largest absolute Gasteiger partial charge is 0.472 e. The Kier molecular flexibility index (Phi) is 9.22. The number of ether oxygens (including phenoxy) is 1. The number of benzene rings is 1. The van der Waals surface area contributed by atoms with Crippen molar-refractivity contribution >= 4 is 5.97 Å². The van der Waals surface area contributed by atoms with E-state index in [1.165, 1.54) is 0 Å². The van der Waals surface area contributed by atoms with Gasteiger partial charge in [0.05, 0.1) is 6.61 Å². The first kappa shape index (κ1) is 16.1. The summed E-state index contributed by atoms with van der Waals surface area (Å²) in [6.07, 6.45) is 0. The number of esters is 1. The van der Waals surface area contributed by atoms with Crippen LogP contribution in [0.1, 0.15) is 22.8 Å². The van der Waals surface area contributed by atoms with Crippen LogP contribution >= 0.6 is 0 Å². The monoisotopic (exact) mass is 267 g/mol. The molecule has 0 heterocycles. The summed E-state index contributed by atoms with van der Waals surface area (Å²) in [6, 6.07) is 7.12. The van der Waals surface area contributed by atoms with Gasteiger partial charge in [-0.15, -0.1) is 12.1 Å². The average molecular weight is 267 g/mol. The Morgan fingerprint density at radius 1 is 1.43 bits per heavy atom. The summed E-state index contributed by atoms with van der Waals surface area (Å²) < 4.78 is 4.83. The zero-order valence-electron chi connectivity index (χ0n) is 8.62. The van der Waals surface area contributed by atoms with E-state index in [9.17, 15) is 4.79 Å². The predicted molar refractivity (Wildman–Crippen MR) is 53.3 cm³/mol. The Labute approximate surface area is 111 Å². The van der Waals surface area contributed by atoms with E-state index in [0.717, 1.165) is 0 Å². The molecule has 0 aliphatic heterocycles. The Morgan fingerprint density at radius 3 is 2.50 bits per heavy atom. The van der Waals surface area contributed by atoms with Gasteiger partial charge in [-0.3, -0.25) is 4.79 Å². The van der Waals surface area contributed by atoms with Crippen LogP contribution in [0.3, 0.4) is 0 Å². The minimum Gasteiger partial charge on any atom is -0.472 e. The van der Waals surface area contributed by atoms with E-state index in [0.29, 0.717) is 17.7 Å². The molecule has 1 rings (SSSR count). The van der Waals surface area contributed by atoms with Gasteiger partial charge in [-0.2, -0.15) is 18.6 Å². The van der Waals surface area contributed by atoms with Gasteiger partial charge >= 0.3 is 0 Å². The average Bonchev–Trinajstić information content (AvgIpc) is 2.05. The molecule has 0 unspecified atom stereocenters. The zero-order valence-corrected chi connectivity index (χ0v) is 11.5. The first-order valence-corrected chi connectivity index (χ1v) is 3.83. The summed E-state index contributed by atoms with van der Waals surface area (Å²) in [6.45, 7) is 5.90. The maximum atomic E-state index is 11.2. The van der Waals surface area contributed by atoms with Crippen molar-refractivity contribution in [1.82, 2.24) is 0 Å². The van der Waals surface area contributed by atoms with Crippen LogP contribution in [0.25, 0.3) is 0 Å². The molecule has 3 heteroatoms. The Bertz CT molecular complexity index is 284. The molecule has 14 heavy (non-hydrogen) atoms. The van der Waals surface area contributed by atoms with Gasteiger partial charge in [0, 0.05) is 32.7 Å². The third kappa shape index (κ3) is 4.25. The molecule has 2 nitrogen and oxygen atoms in total. The molecule has 0 amide bonds. The molecular formula is C11H14O2Y-2. The fraction of sp³-hybridized carbons (Fsp3) is 0.182. The van der Waals surface area contributed by atoms with Crippen LogP contribution in [0.5, 0.6) is 0 Å². The van der Waals surface area contributed by atoms with Crippen molar-refractivity contribution in [2.75, 3.05) is 6.61 Å². The summed E-state index contributed by atoms with van der Waals surface area (Å²) >= 11 is 0. The van der Waals surface area contributed by atoms with E-state index < -0.39 is 0 Å². The standard InChI is InChI=1S/C10H11O2.CH3.Y/c1-3-12-10(11)9-7-5-4-6-8(9)2;;/h4-7H,2-3H2,1H3;1H3;/q2*-1;. The van der Waals surface area contributed by atoms with E-state index in [1.54, 1.807) is 25.1 Å². The van der Waals surface area contributed by atoms with Gasteiger partial charge in [0.2, 0.25) is 0 Å². The minimum absolute atomic E-state index is 0. The van der Waals surface area contributed by atoms with Crippen molar-refractivity contribution in [3.63, 3.8) is 0 Å². The molecule has 0 aliphatic carbocycles. The van der Waals surface area contributed by atoms with Crippen LogP contribution in [0, 0.1) is 14.4 Å². The maximum absolute atomic E-state index is 11.2. The van der Waals surface area contributed by atoms with Gasteiger partial charge in [0.15, 0.2) is 0 Å². The molecular weight excluding hydrogens is 253 g/mol. The quantitative estimate of drug-likeness (QED) is 0.608. The first-order valence-electron chi connectivity index (χ1n) is 3.83. The molecule has 0 aromatic heterocycles. The minimum atomic E-state index is -0.303. The smallest absolute Gasteiger partial charge is 0.281 e. The van der Waals surface area contributed by atoms with E-state index in [1.807, 2.05) is 6.07 Å². The maximum Gasteiger partial charge on any atom is 0.281 e. The van der Waals surface area contributed by atoms with Crippen molar-refractivity contribution in [2.45, 2.75) is 6.92 Å². The molecule has 1 aromatic carbocycles. The Morgan fingerprint density at radius 2 is 2.00 bits per heavy atom. The fourth-order valence-corrected chi connectivity index (χ4v) is 0.928. The van der Waals surface area contributed by atoms with Crippen molar-refractivity contribution in [3.05, 3.63) is 49.7 Å². The molecule has 0 fully saturated rings. The number of hydrogen-bond donors (Lipinski definition) is 0. The predicted octanol–water partition coefficient (Wildman–Crippen LogP) is 2.49. The summed E-state index contributed by atoms with van der Waals surface area (Å²) in [4.78, 5) is 11.2. The van der Waals surface area contributed by atoms with E-state index in [4.69, 9.17) is 4.74 Å². The zero-order chi connectivity index (χ0) is 8.97. The summed E-state index contributed by atoms with van der Waals surface area (Å²) in [5.74, 6) is -0.303. The molecule has 1 radical (unpaired) electrons. The van der Waals surface area contributed by atoms with Crippen LogP contribution < -0.4 is 0 Å². The van der Waals surface area contributed by atoms with Crippen LogP contribution in [0.4, 0.5) is 0 Å². The molecule has 0 spiro atoms. The summed E-state index contributed by atoms with van der Waals surface area (Å²) in [5.41, 5.74) is 1.25. The van der Waals surface area contributed by atoms with Gasteiger partial charge in [-0.25, -0.2) is 0 Å².